The molecule has 9 nitrogen and oxygen atoms in total. The zero-order chi connectivity index (χ0) is 23.4. The first-order valence-corrected chi connectivity index (χ1v) is 11.4. The maximum atomic E-state index is 12.9. The van der Waals surface area contributed by atoms with Gasteiger partial charge in [-0.25, -0.2) is 8.42 Å². The minimum atomic E-state index is -3.79. The fraction of sp³-hybridized carbons (Fsp3) is 0.316. The third-order valence-corrected chi connectivity index (χ3v) is 6.62. The Morgan fingerprint density at radius 2 is 1.69 bits per heavy atom. The standard InChI is InChI=1S/C19H20F2N3O6PS/c20-19(21,31)30-17-5-7-18(8-6-17)32(27,28)23-11-9-15(10-12-23)22-29-13-14-1-3-16(4-2-14)24(25)26/h1-8H,9-13,31H2. The topological polar surface area (TPSA) is 111 Å². The van der Waals surface area contributed by atoms with Crippen molar-refractivity contribution < 1.29 is 31.7 Å². The Balaban J connectivity index is 1.53. The molecule has 2 aromatic carbocycles. The summed E-state index contributed by atoms with van der Waals surface area (Å²) in [7, 11) is -2.54. The number of hydrogen-bond donors (Lipinski definition) is 0. The molecule has 0 N–H and O–H groups in total. The van der Waals surface area contributed by atoms with E-state index in [4.69, 9.17) is 4.84 Å². The average Bonchev–Trinajstić information content (AvgIpc) is 2.74. The van der Waals surface area contributed by atoms with Crippen molar-refractivity contribution in [3.05, 3.63) is 64.2 Å². The van der Waals surface area contributed by atoms with Gasteiger partial charge in [-0.1, -0.05) is 5.16 Å². The Morgan fingerprint density at radius 1 is 1.09 bits per heavy atom. The molecule has 0 radical (unpaired) electrons. The van der Waals surface area contributed by atoms with Gasteiger partial charge in [0, 0.05) is 38.1 Å². The lowest BCUT2D eigenvalue weighted by atomic mass is 10.1. The molecule has 1 aliphatic rings. The van der Waals surface area contributed by atoms with Gasteiger partial charge in [-0.3, -0.25) is 10.1 Å². The summed E-state index contributed by atoms with van der Waals surface area (Å²) in [4.78, 5) is 15.4. The first-order valence-electron chi connectivity index (χ1n) is 9.41. The first kappa shape index (κ1) is 24.0. The normalized spacial score (nSPS) is 15.3. The molecule has 13 heteroatoms. The van der Waals surface area contributed by atoms with E-state index >= 15 is 0 Å². The maximum absolute atomic E-state index is 12.9. The van der Waals surface area contributed by atoms with E-state index in [9.17, 15) is 27.3 Å². The quantitative estimate of drug-likeness (QED) is 0.319. The van der Waals surface area contributed by atoms with Crippen molar-refractivity contribution in [2.45, 2.75) is 30.2 Å². The molecule has 2 aromatic rings. The van der Waals surface area contributed by atoms with Crippen LogP contribution in [0.25, 0.3) is 0 Å². The predicted molar refractivity (Wildman–Crippen MR) is 115 cm³/mol. The lowest BCUT2D eigenvalue weighted by molar-refractivity contribution is -0.384. The van der Waals surface area contributed by atoms with E-state index in [1.165, 1.54) is 49.9 Å². The molecular weight excluding hydrogens is 467 g/mol. The van der Waals surface area contributed by atoms with Crippen molar-refractivity contribution in [2.24, 2.45) is 5.16 Å². The Morgan fingerprint density at radius 3 is 2.22 bits per heavy atom. The lowest BCUT2D eigenvalue weighted by Gasteiger charge is -2.26. The van der Waals surface area contributed by atoms with E-state index in [-0.39, 0.29) is 36.0 Å². The Kier molecular flexibility index (Phi) is 7.37. The van der Waals surface area contributed by atoms with Crippen molar-refractivity contribution in [3.8, 4) is 5.75 Å². The van der Waals surface area contributed by atoms with Crippen molar-refractivity contribution in [2.75, 3.05) is 13.1 Å². The zero-order valence-electron chi connectivity index (χ0n) is 16.7. The van der Waals surface area contributed by atoms with Gasteiger partial charge in [-0.05, 0) is 51.2 Å². The molecule has 1 fully saturated rings. The lowest BCUT2D eigenvalue weighted by Crippen LogP contribution is -2.38. The molecule has 3 rings (SSSR count). The number of sulfonamides is 1. The molecule has 0 amide bonds. The molecule has 1 saturated heterocycles. The molecule has 0 bridgehead atoms. The summed E-state index contributed by atoms with van der Waals surface area (Å²) in [6.45, 7) is 0.529. The summed E-state index contributed by atoms with van der Waals surface area (Å²) in [6.07, 6.45) is 0.750. The number of halogens is 2. The second-order valence-electron chi connectivity index (χ2n) is 6.89. The monoisotopic (exact) mass is 487 g/mol. The molecule has 0 saturated carbocycles. The molecule has 32 heavy (non-hydrogen) atoms. The summed E-state index contributed by atoms with van der Waals surface area (Å²) in [6, 6.07) is 10.7. The van der Waals surface area contributed by atoms with Gasteiger partial charge in [0.1, 0.15) is 12.4 Å². The van der Waals surface area contributed by atoms with Gasteiger partial charge in [-0.15, -0.1) is 0 Å². The van der Waals surface area contributed by atoms with Crippen LogP contribution >= 0.6 is 9.24 Å². The third kappa shape index (κ3) is 6.41. The van der Waals surface area contributed by atoms with E-state index in [2.05, 4.69) is 9.89 Å². The fourth-order valence-electron chi connectivity index (χ4n) is 2.97. The van der Waals surface area contributed by atoms with Gasteiger partial charge in [0.15, 0.2) is 0 Å². The molecule has 0 spiro atoms. The van der Waals surface area contributed by atoms with Gasteiger partial charge in [0.25, 0.3) is 5.69 Å². The van der Waals surface area contributed by atoms with Crippen LogP contribution in [0.2, 0.25) is 0 Å². The number of oxime groups is 1. The smallest absolute Gasteiger partial charge is 0.408 e. The SMILES string of the molecule is O=[N+]([O-])c1ccc(CON=C2CCN(S(=O)(=O)c3ccc(OC(F)(F)P)cc3)CC2)cc1. The van der Waals surface area contributed by atoms with Crippen LogP contribution in [0, 0.1) is 10.1 Å². The summed E-state index contributed by atoms with van der Waals surface area (Å²) in [5.41, 5.74) is 1.40. The number of nitro groups is 1. The predicted octanol–water partition coefficient (Wildman–Crippen LogP) is 3.76. The number of rotatable bonds is 8. The van der Waals surface area contributed by atoms with Crippen LogP contribution in [0.4, 0.5) is 14.5 Å². The second-order valence-corrected chi connectivity index (χ2v) is 9.50. The van der Waals surface area contributed by atoms with Crippen LogP contribution in [0.15, 0.2) is 58.6 Å². The number of nitrogens with zero attached hydrogens (tertiary/aromatic N) is 3. The molecule has 1 atom stereocenters. The van der Waals surface area contributed by atoms with Crippen molar-refractivity contribution in [1.29, 1.82) is 0 Å². The largest absolute Gasteiger partial charge is 0.430 e. The highest BCUT2D eigenvalue weighted by atomic mass is 32.2. The number of non-ortho nitro benzene ring substituents is 1. The van der Waals surface area contributed by atoms with Gasteiger partial charge in [0.2, 0.25) is 10.0 Å². The molecule has 172 valence electrons. The van der Waals surface area contributed by atoms with Crippen molar-refractivity contribution in [1.82, 2.24) is 4.31 Å². The Labute approximate surface area is 185 Å². The van der Waals surface area contributed by atoms with Crippen LogP contribution in [0.3, 0.4) is 0 Å². The number of hydrogen-bond acceptors (Lipinski definition) is 7. The van der Waals surface area contributed by atoms with Crippen LogP contribution in [0.1, 0.15) is 18.4 Å². The third-order valence-electron chi connectivity index (χ3n) is 4.59. The summed E-state index contributed by atoms with van der Waals surface area (Å²) >= 11 is 0. The van der Waals surface area contributed by atoms with E-state index in [1.54, 1.807) is 12.1 Å². The van der Waals surface area contributed by atoms with E-state index in [1.807, 2.05) is 0 Å². The minimum Gasteiger partial charge on any atom is -0.430 e. The number of alkyl halides is 2. The van der Waals surface area contributed by atoms with Crippen LogP contribution in [0.5, 0.6) is 5.75 Å². The van der Waals surface area contributed by atoms with E-state index in [0.29, 0.717) is 24.1 Å². The highest BCUT2D eigenvalue weighted by Gasteiger charge is 2.29. The molecule has 0 aliphatic carbocycles. The minimum absolute atomic E-state index is 0.0156. The second kappa shape index (κ2) is 9.85. The van der Waals surface area contributed by atoms with E-state index in [0.717, 1.165) is 0 Å². The van der Waals surface area contributed by atoms with Crippen LogP contribution in [-0.2, 0) is 21.5 Å². The van der Waals surface area contributed by atoms with Crippen LogP contribution in [-0.4, -0.2) is 42.3 Å². The summed E-state index contributed by atoms with van der Waals surface area (Å²) in [5, 5.41) is 14.7. The summed E-state index contributed by atoms with van der Waals surface area (Å²) < 4.78 is 57.0. The van der Waals surface area contributed by atoms with Gasteiger partial charge in [0.05, 0.1) is 15.5 Å². The maximum Gasteiger partial charge on any atom is 0.408 e. The number of piperidine rings is 1. The van der Waals surface area contributed by atoms with Gasteiger partial charge >= 0.3 is 5.85 Å². The van der Waals surface area contributed by atoms with E-state index < -0.39 is 20.8 Å². The number of nitro benzene ring substituents is 1. The Hall–Kier alpha value is -2.69. The fourth-order valence-corrected chi connectivity index (χ4v) is 4.55. The molecular formula is C19H20F2N3O6PS. The highest BCUT2D eigenvalue weighted by Crippen LogP contribution is 2.28. The number of ether oxygens (including phenoxy) is 1. The zero-order valence-corrected chi connectivity index (χ0v) is 18.7. The summed E-state index contributed by atoms with van der Waals surface area (Å²) in [5.74, 6) is -3.59. The van der Waals surface area contributed by atoms with Crippen LogP contribution < -0.4 is 4.74 Å². The molecule has 0 aromatic heterocycles. The van der Waals surface area contributed by atoms with Gasteiger partial charge < -0.3 is 9.57 Å². The first-order chi connectivity index (χ1) is 15.0. The van der Waals surface area contributed by atoms with Crippen molar-refractivity contribution in [3.63, 3.8) is 0 Å². The molecule has 1 unspecified atom stereocenters. The highest BCUT2D eigenvalue weighted by molar-refractivity contribution is 7.89. The Bertz CT molecular complexity index is 1080. The van der Waals surface area contributed by atoms with Gasteiger partial charge in [-0.2, -0.15) is 13.1 Å². The van der Waals surface area contributed by atoms with Crippen molar-refractivity contribution >= 4 is 30.7 Å². The average molecular weight is 487 g/mol. The molecule has 1 aliphatic heterocycles. The molecule has 1 heterocycles. The number of benzene rings is 2.